The molecular formula is C42H80O5. The number of aliphatic carboxylic acids is 2. The topological polar surface area (TPSA) is 94.8 Å². The normalized spacial score (nSPS) is 12.1. The van der Waals surface area contributed by atoms with Gasteiger partial charge in [-0.15, -0.1) is 0 Å². The molecule has 3 N–H and O–H groups in total. The van der Waals surface area contributed by atoms with Crippen LogP contribution in [0.25, 0.3) is 0 Å². The lowest BCUT2D eigenvalue weighted by molar-refractivity contribution is -0.138. The van der Waals surface area contributed by atoms with Gasteiger partial charge in [-0.05, 0) is 64.2 Å². The Hall–Kier alpha value is -1.62. The number of carboxylic acid groups (broad SMARTS) is 2. The average molecular weight is 665 g/mol. The van der Waals surface area contributed by atoms with Crippen molar-refractivity contribution in [3.05, 3.63) is 24.3 Å². The molecule has 0 aromatic carbocycles. The molecule has 0 saturated heterocycles. The molecule has 0 rings (SSSR count). The number of carbonyl (C=O) groups is 2. The predicted octanol–water partition coefficient (Wildman–Crippen LogP) is 13.5. The Bertz CT molecular complexity index is 687. The second-order valence-electron chi connectivity index (χ2n) is 13.8. The van der Waals surface area contributed by atoms with E-state index < -0.39 is 11.9 Å². The zero-order valence-electron chi connectivity index (χ0n) is 31.4. The smallest absolute Gasteiger partial charge is 0.303 e. The van der Waals surface area contributed by atoms with Gasteiger partial charge in [-0.1, -0.05) is 173 Å². The highest BCUT2D eigenvalue weighted by Crippen LogP contribution is 2.14. The van der Waals surface area contributed by atoms with Gasteiger partial charge in [-0.2, -0.15) is 0 Å². The van der Waals surface area contributed by atoms with Crippen LogP contribution in [0.2, 0.25) is 0 Å². The number of allylic oxidation sites excluding steroid dienone is 3. The number of aliphatic hydroxyl groups excluding tert-OH is 1. The lowest BCUT2D eigenvalue weighted by Crippen LogP contribution is -2.04. The van der Waals surface area contributed by atoms with Crippen molar-refractivity contribution in [2.24, 2.45) is 0 Å². The minimum absolute atomic E-state index is 0.172. The molecular weight excluding hydrogens is 584 g/mol. The number of hydrogen-bond donors (Lipinski definition) is 3. The molecule has 0 spiro atoms. The molecule has 47 heavy (non-hydrogen) atoms. The Morgan fingerprint density at radius 3 is 1.09 bits per heavy atom. The maximum atomic E-state index is 10.4. The minimum atomic E-state index is -0.689. The van der Waals surface area contributed by atoms with Crippen LogP contribution in [0.1, 0.15) is 226 Å². The van der Waals surface area contributed by atoms with E-state index in [0.717, 1.165) is 64.2 Å². The number of aliphatic hydroxyl groups is 1. The Labute approximate surface area is 292 Å². The maximum absolute atomic E-state index is 10.4. The van der Waals surface area contributed by atoms with E-state index in [1.165, 1.54) is 135 Å². The lowest BCUT2D eigenvalue weighted by Gasteiger charge is -2.07. The number of unbranched alkanes of at least 4 members (excludes halogenated alkanes) is 25. The summed E-state index contributed by atoms with van der Waals surface area (Å²) in [6.07, 6.45) is 47.4. The van der Waals surface area contributed by atoms with E-state index in [0.29, 0.717) is 12.8 Å². The number of rotatable bonds is 36. The van der Waals surface area contributed by atoms with Crippen LogP contribution in [0.4, 0.5) is 0 Å². The van der Waals surface area contributed by atoms with Crippen molar-refractivity contribution < 1.29 is 24.9 Å². The third kappa shape index (κ3) is 48.9. The summed E-state index contributed by atoms with van der Waals surface area (Å²) in [5.74, 6) is -1.34. The first-order chi connectivity index (χ1) is 22.9. The van der Waals surface area contributed by atoms with Gasteiger partial charge in [0.15, 0.2) is 0 Å². The second-order valence-corrected chi connectivity index (χ2v) is 13.8. The summed E-state index contributed by atoms with van der Waals surface area (Å²) in [7, 11) is 0. The lowest BCUT2D eigenvalue weighted by atomic mass is 10.0. The molecule has 5 heteroatoms. The molecule has 0 aromatic heterocycles. The molecule has 5 nitrogen and oxygen atoms in total. The van der Waals surface area contributed by atoms with Crippen molar-refractivity contribution in [1.82, 2.24) is 0 Å². The summed E-state index contributed by atoms with van der Waals surface area (Å²) in [5, 5.41) is 26.9. The van der Waals surface area contributed by atoms with Gasteiger partial charge in [-0.3, -0.25) is 9.59 Å². The first-order valence-electron chi connectivity index (χ1n) is 20.4. The molecule has 1 unspecified atom stereocenters. The fourth-order valence-corrected chi connectivity index (χ4v) is 5.77. The predicted molar refractivity (Wildman–Crippen MR) is 203 cm³/mol. The fraction of sp³-hybridized carbons (Fsp3) is 0.857. The third-order valence-electron chi connectivity index (χ3n) is 8.88. The molecule has 1 atom stereocenters. The molecule has 278 valence electrons. The largest absolute Gasteiger partial charge is 0.481 e. The van der Waals surface area contributed by atoms with Gasteiger partial charge in [0.1, 0.15) is 0 Å². The van der Waals surface area contributed by atoms with Crippen molar-refractivity contribution in [2.75, 3.05) is 0 Å². The molecule has 0 aliphatic rings. The zero-order chi connectivity index (χ0) is 34.9. The molecule has 0 saturated carbocycles. The molecule has 0 aliphatic heterocycles. The number of hydrogen-bond acceptors (Lipinski definition) is 3. The SMILES string of the molecule is CCCCCCC(O)C/C=C\CCCCCCCC(=O)O.CCCCCCCC/C=C\CCCCCCCCCCCCCC(=O)O. The van der Waals surface area contributed by atoms with Crippen LogP contribution >= 0.6 is 0 Å². The molecule has 0 aromatic rings. The Morgan fingerprint density at radius 1 is 0.426 bits per heavy atom. The van der Waals surface area contributed by atoms with Crippen LogP contribution in [0.3, 0.4) is 0 Å². The first-order valence-corrected chi connectivity index (χ1v) is 20.4. The number of carboxylic acids is 2. The average Bonchev–Trinajstić information content (AvgIpc) is 3.04. The van der Waals surface area contributed by atoms with Crippen LogP contribution in [0.15, 0.2) is 24.3 Å². The van der Waals surface area contributed by atoms with Crippen LogP contribution in [-0.2, 0) is 9.59 Å². The van der Waals surface area contributed by atoms with E-state index in [1.54, 1.807) is 0 Å². The minimum Gasteiger partial charge on any atom is -0.481 e. The van der Waals surface area contributed by atoms with E-state index in [-0.39, 0.29) is 6.10 Å². The van der Waals surface area contributed by atoms with Gasteiger partial charge in [0, 0.05) is 12.8 Å². The Kier molecular flexibility index (Phi) is 42.9. The summed E-state index contributed by atoms with van der Waals surface area (Å²) >= 11 is 0. The van der Waals surface area contributed by atoms with Crippen LogP contribution in [-0.4, -0.2) is 33.4 Å². The monoisotopic (exact) mass is 665 g/mol. The van der Waals surface area contributed by atoms with Crippen molar-refractivity contribution >= 4 is 11.9 Å². The van der Waals surface area contributed by atoms with E-state index in [1.807, 2.05) is 0 Å². The molecule has 0 radical (unpaired) electrons. The first kappa shape index (κ1) is 47.5. The van der Waals surface area contributed by atoms with Crippen molar-refractivity contribution in [3.8, 4) is 0 Å². The Morgan fingerprint density at radius 2 is 0.723 bits per heavy atom. The standard InChI is InChI=1S/C24H46O2.C18H34O3/c1-2-3-4-5-6-7-8-9-10-11-12-13-14-15-16-17-18-19-20-21-22-23-24(25)26;1-2-3-4-11-14-17(19)15-12-9-7-5-6-8-10-13-16-18(20)21/h9-10H,2-8,11-23H2,1H3,(H,25,26);9,12,17,19H,2-8,10-11,13-16H2,1H3,(H,20,21)/b10-9-;12-9-. The highest BCUT2D eigenvalue weighted by molar-refractivity contribution is 5.66. The van der Waals surface area contributed by atoms with Crippen LogP contribution in [0, 0.1) is 0 Å². The maximum Gasteiger partial charge on any atom is 0.303 e. The van der Waals surface area contributed by atoms with Gasteiger partial charge in [0.25, 0.3) is 0 Å². The molecule has 0 fully saturated rings. The van der Waals surface area contributed by atoms with Gasteiger partial charge < -0.3 is 15.3 Å². The van der Waals surface area contributed by atoms with E-state index in [9.17, 15) is 14.7 Å². The zero-order valence-corrected chi connectivity index (χ0v) is 31.4. The summed E-state index contributed by atoms with van der Waals surface area (Å²) in [5.41, 5.74) is 0. The third-order valence-corrected chi connectivity index (χ3v) is 8.88. The van der Waals surface area contributed by atoms with Crippen LogP contribution < -0.4 is 0 Å². The molecule has 0 amide bonds. The highest BCUT2D eigenvalue weighted by atomic mass is 16.4. The van der Waals surface area contributed by atoms with Gasteiger partial charge in [0.2, 0.25) is 0 Å². The second kappa shape index (κ2) is 42.4. The summed E-state index contributed by atoms with van der Waals surface area (Å²) in [6, 6.07) is 0. The van der Waals surface area contributed by atoms with Gasteiger partial charge in [-0.25, -0.2) is 0 Å². The van der Waals surface area contributed by atoms with Crippen LogP contribution in [0.5, 0.6) is 0 Å². The molecule has 0 heterocycles. The quantitative estimate of drug-likeness (QED) is 0.0457. The van der Waals surface area contributed by atoms with Crippen molar-refractivity contribution in [1.29, 1.82) is 0 Å². The van der Waals surface area contributed by atoms with Gasteiger partial charge in [0.05, 0.1) is 6.10 Å². The molecule has 0 aliphatic carbocycles. The Balaban J connectivity index is 0. The van der Waals surface area contributed by atoms with E-state index >= 15 is 0 Å². The highest BCUT2D eigenvalue weighted by Gasteiger charge is 2.01. The summed E-state index contributed by atoms with van der Waals surface area (Å²) in [6.45, 7) is 4.48. The van der Waals surface area contributed by atoms with Crippen molar-refractivity contribution in [2.45, 2.75) is 232 Å². The molecule has 0 bridgehead atoms. The van der Waals surface area contributed by atoms with Crippen molar-refractivity contribution in [3.63, 3.8) is 0 Å². The summed E-state index contributed by atoms with van der Waals surface area (Å²) < 4.78 is 0. The summed E-state index contributed by atoms with van der Waals surface area (Å²) in [4.78, 5) is 20.7. The van der Waals surface area contributed by atoms with Gasteiger partial charge >= 0.3 is 11.9 Å². The van der Waals surface area contributed by atoms with E-state index in [4.69, 9.17) is 10.2 Å². The fourth-order valence-electron chi connectivity index (χ4n) is 5.77. The van der Waals surface area contributed by atoms with E-state index in [2.05, 4.69) is 38.2 Å².